The monoisotopic (exact) mass is 759 g/mol. The second-order valence-corrected chi connectivity index (χ2v) is 13.2. The molecule has 1 fully saturated rings. The number of unbranched alkanes of at least 4 members (excludes halogenated alkanes) is 2. The highest BCUT2D eigenvalue weighted by Crippen LogP contribution is 2.38. The van der Waals surface area contributed by atoms with Crippen molar-refractivity contribution in [2.24, 2.45) is 5.92 Å². The fraction of sp³-hybridized carbons (Fsp3) is 0.432. The van der Waals surface area contributed by atoms with Crippen LogP contribution in [0.5, 0.6) is 5.75 Å². The smallest absolute Gasteiger partial charge is 0.417 e. The van der Waals surface area contributed by atoms with Crippen LogP contribution in [0.3, 0.4) is 0 Å². The minimum absolute atomic E-state index is 0.0918. The summed E-state index contributed by atoms with van der Waals surface area (Å²) in [5.41, 5.74) is 1.45. The molecule has 1 atom stereocenters. The van der Waals surface area contributed by atoms with E-state index in [9.17, 15) is 23.2 Å². The molecule has 1 aromatic heterocycles. The molecule has 1 aliphatic rings. The van der Waals surface area contributed by atoms with Gasteiger partial charge in [-0.15, -0.1) is 0 Å². The molecule has 2 heterocycles. The van der Waals surface area contributed by atoms with Crippen LogP contribution in [0.25, 0.3) is 23.3 Å². The second kappa shape index (κ2) is 17.6. The predicted octanol–water partition coefficient (Wildman–Crippen LogP) is 9.35. The van der Waals surface area contributed by atoms with Crippen LogP contribution in [0.1, 0.15) is 80.3 Å². The van der Waals surface area contributed by atoms with E-state index >= 15 is 0 Å². The van der Waals surface area contributed by atoms with E-state index in [-0.39, 0.29) is 35.3 Å². The first-order valence-electron chi connectivity index (χ1n) is 16.1. The van der Waals surface area contributed by atoms with Crippen LogP contribution in [0, 0.1) is 17.2 Å². The van der Waals surface area contributed by atoms with Crippen molar-refractivity contribution in [3.63, 3.8) is 0 Å². The molecule has 4 rings (SSSR count). The topological polar surface area (TPSA) is 75.5 Å². The lowest BCUT2D eigenvalue weighted by Gasteiger charge is -2.34. The minimum atomic E-state index is -4.66. The highest BCUT2D eigenvalue weighted by Gasteiger charge is 2.36. The van der Waals surface area contributed by atoms with Crippen molar-refractivity contribution < 1.29 is 27.4 Å². The van der Waals surface area contributed by atoms with E-state index in [2.05, 4.69) is 33.6 Å². The molecule has 0 N–H and O–H groups in total. The van der Waals surface area contributed by atoms with E-state index in [1.807, 2.05) is 49.1 Å². The highest BCUT2D eigenvalue weighted by atomic mass is 127. The number of hydrogen-bond acceptors (Lipinski definition) is 6. The number of nitrogens with zero attached hydrogens (tertiary/aromatic N) is 3. The van der Waals surface area contributed by atoms with Gasteiger partial charge in [0, 0.05) is 23.9 Å². The maximum absolute atomic E-state index is 14.6. The van der Waals surface area contributed by atoms with Crippen LogP contribution in [0.4, 0.5) is 13.2 Å². The van der Waals surface area contributed by atoms with Crippen molar-refractivity contribution in [1.29, 1.82) is 5.26 Å². The lowest BCUT2D eigenvalue weighted by molar-refractivity contribution is -0.153. The molecule has 250 valence electrons. The van der Waals surface area contributed by atoms with Gasteiger partial charge in [0.25, 0.3) is 0 Å². The summed E-state index contributed by atoms with van der Waals surface area (Å²) < 4.78 is 56.6. The van der Waals surface area contributed by atoms with Crippen molar-refractivity contribution >= 4 is 40.7 Å². The molecule has 3 aromatic rings. The Bertz CT molecular complexity index is 1550. The standard InChI is InChI=1S/C37H41F3IN3O3/c1-26(2)25-47-36(45)34-13-7-9-19-44(34)24-29-21-32(37(38,39)40)28(22-35(29)46-20-10-4-8-17-41)14-15-33-31(23-42)30(16-18-43-33)27-11-5-3-6-12-27/h3,5-6,11-12,14-16,18,21-22,26,34H,4,7-10,13,17,19-20,24-25H2,1-2H3/b15-14+/t34-/m0/s1. The first kappa shape index (κ1) is 36.4. The van der Waals surface area contributed by atoms with Gasteiger partial charge in [-0.05, 0) is 84.4 Å². The summed E-state index contributed by atoms with van der Waals surface area (Å²) in [6, 6.07) is 15.2. The van der Waals surface area contributed by atoms with Crippen LogP contribution in [-0.4, -0.2) is 46.1 Å². The zero-order chi connectivity index (χ0) is 33.8. The fourth-order valence-corrected chi connectivity index (χ4v) is 6.14. The summed E-state index contributed by atoms with van der Waals surface area (Å²) in [6.45, 7) is 5.27. The summed E-state index contributed by atoms with van der Waals surface area (Å²) in [6.07, 6.45) is 4.69. The van der Waals surface area contributed by atoms with Crippen molar-refractivity contribution in [3.05, 3.63) is 82.7 Å². The van der Waals surface area contributed by atoms with Crippen molar-refractivity contribution in [2.75, 3.05) is 24.2 Å². The number of nitriles is 1. The van der Waals surface area contributed by atoms with Gasteiger partial charge < -0.3 is 9.47 Å². The average molecular weight is 760 g/mol. The Kier molecular flexibility index (Phi) is 13.7. The zero-order valence-electron chi connectivity index (χ0n) is 26.9. The maximum Gasteiger partial charge on any atom is 0.417 e. The molecule has 0 aliphatic carbocycles. The summed E-state index contributed by atoms with van der Waals surface area (Å²) in [4.78, 5) is 19.2. The van der Waals surface area contributed by atoms with Crippen molar-refractivity contribution in [1.82, 2.24) is 9.88 Å². The van der Waals surface area contributed by atoms with Crippen LogP contribution < -0.4 is 4.74 Å². The van der Waals surface area contributed by atoms with Gasteiger partial charge in [0.05, 0.1) is 30.0 Å². The Balaban J connectivity index is 1.72. The lowest BCUT2D eigenvalue weighted by Crippen LogP contribution is -2.45. The summed E-state index contributed by atoms with van der Waals surface area (Å²) in [7, 11) is 0. The molecular weight excluding hydrogens is 718 g/mol. The minimum Gasteiger partial charge on any atom is -0.493 e. The molecule has 47 heavy (non-hydrogen) atoms. The zero-order valence-corrected chi connectivity index (χ0v) is 29.0. The van der Waals surface area contributed by atoms with Crippen LogP contribution in [0.15, 0.2) is 54.7 Å². The molecule has 6 nitrogen and oxygen atoms in total. The molecule has 1 saturated heterocycles. The van der Waals surface area contributed by atoms with E-state index in [1.54, 1.807) is 12.3 Å². The third-order valence-corrected chi connectivity index (χ3v) is 8.75. The molecular formula is C37H41F3IN3O3. The largest absolute Gasteiger partial charge is 0.493 e. The van der Waals surface area contributed by atoms with Gasteiger partial charge in [0.1, 0.15) is 17.9 Å². The highest BCUT2D eigenvalue weighted by molar-refractivity contribution is 14.1. The first-order valence-corrected chi connectivity index (χ1v) is 17.6. The van der Waals surface area contributed by atoms with Crippen LogP contribution in [0.2, 0.25) is 0 Å². The Morgan fingerprint density at radius 2 is 1.91 bits per heavy atom. The van der Waals surface area contributed by atoms with Gasteiger partial charge in [-0.3, -0.25) is 14.7 Å². The van der Waals surface area contributed by atoms with E-state index in [1.165, 1.54) is 18.2 Å². The number of carbonyl (C=O) groups excluding carboxylic acids is 1. The van der Waals surface area contributed by atoms with E-state index in [4.69, 9.17) is 9.47 Å². The number of esters is 1. The van der Waals surface area contributed by atoms with Gasteiger partial charge in [0.15, 0.2) is 0 Å². The van der Waals surface area contributed by atoms with E-state index in [0.717, 1.165) is 48.2 Å². The molecule has 0 spiro atoms. The normalized spacial score (nSPS) is 15.6. The fourth-order valence-electron chi connectivity index (χ4n) is 5.60. The predicted molar refractivity (Wildman–Crippen MR) is 187 cm³/mol. The SMILES string of the molecule is CC(C)COC(=O)[C@@H]1CCCCN1Cc1cc(C(F)(F)F)c(/C=C/c2nccc(-c3ccccc3)c2C#N)cc1OCCCCCI. The maximum atomic E-state index is 14.6. The molecule has 0 unspecified atom stereocenters. The number of piperidine rings is 1. The third kappa shape index (κ3) is 10.3. The Labute approximate surface area is 289 Å². The van der Waals surface area contributed by atoms with Crippen molar-refractivity contribution in [3.8, 4) is 22.9 Å². The number of ether oxygens (including phenoxy) is 2. The van der Waals surface area contributed by atoms with Crippen molar-refractivity contribution in [2.45, 2.75) is 71.1 Å². The number of benzene rings is 2. The molecule has 0 amide bonds. The Morgan fingerprint density at radius 3 is 2.62 bits per heavy atom. The number of rotatable bonds is 14. The molecule has 1 aliphatic heterocycles. The molecule has 2 aromatic carbocycles. The lowest BCUT2D eigenvalue weighted by atomic mass is 9.97. The number of likely N-dealkylation sites (tertiary alicyclic amines) is 1. The number of hydrogen-bond donors (Lipinski definition) is 0. The summed E-state index contributed by atoms with van der Waals surface area (Å²) in [5, 5.41) is 10.00. The number of halogens is 4. The van der Waals surface area contributed by atoms with E-state index < -0.39 is 17.8 Å². The Hall–Kier alpha value is -3.43. The molecule has 0 saturated carbocycles. The van der Waals surface area contributed by atoms with Crippen LogP contribution in [-0.2, 0) is 22.3 Å². The summed E-state index contributed by atoms with van der Waals surface area (Å²) >= 11 is 2.32. The molecule has 0 bridgehead atoms. The number of carbonyl (C=O) groups is 1. The third-order valence-electron chi connectivity index (χ3n) is 7.99. The van der Waals surface area contributed by atoms with E-state index in [0.29, 0.717) is 43.1 Å². The average Bonchev–Trinajstić information content (AvgIpc) is 3.06. The van der Waals surface area contributed by atoms with Gasteiger partial charge in [-0.2, -0.15) is 18.4 Å². The van der Waals surface area contributed by atoms with Crippen LogP contribution >= 0.6 is 22.6 Å². The number of pyridine rings is 1. The molecule has 10 heteroatoms. The number of aromatic nitrogens is 1. The first-order chi connectivity index (χ1) is 22.6. The van der Waals surface area contributed by atoms with Gasteiger partial charge in [-0.1, -0.05) is 79.3 Å². The number of alkyl halides is 4. The Morgan fingerprint density at radius 1 is 1.13 bits per heavy atom. The van der Waals surface area contributed by atoms with Gasteiger partial charge >= 0.3 is 12.1 Å². The molecule has 0 radical (unpaired) electrons. The van der Waals surface area contributed by atoms with Gasteiger partial charge in [-0.25, -0.2) is 0 Å². The summed E-state index contributed by atoms with van der Waals surface area (Å²) in [5.74, 6) is 0.186. The quantitative estimate of drug-likeness (QED) is 0.0706. The van der Waals surface area contributed by atoms with Gasteiger partial charge in [0.2, 0.25) is 0 Å². The second-order valence-electron chi connectivity index (χ2n) is 12.1.